The minimum Gasteiger partial charge on any atom is -0.369 e. The first-order chi connectivity index (χ1) is 11.2. The minimum absolute atomic E-state index is 0.580. The SMILES string of the molecule is CN(C)CCCNc1nncc(NCCCc2ccccc2)n1. The number of hydrogen-bond donors (Lipinski definition) is 2. The fourth-order valence-electron chi connectivity index (χ4n) is 2.21. The van der Waals surface area contributed by atoms with Crippen molar-refractivity contribution in [2.24, 2.45) is 0 Å². The molecule has 6 nitrogen and oxygen atoms in total. The number of anilines is 2. The van der Waals surface area contributed by atoms with Gasteiger partial charge >= 0.3 is 0 Å². The number of aromatic nitrogens is 3. The van der Waals surface area contributed by atoms with Crippen LogP contribution >= 0.6 is 0 Å². The lowest BCUT2D eigenvalue weighted by atomic mass is 10.1. The molecule has 0 spiro atoms. The van der Waals surface area contributed by atoms with Crippen molar-refractivity contribution in [3.63, 3.8) is 0 Å². The van der Waals surface area contributed by atoms with Gasteiger partial charge in [-0.3, -0.25) is 0 Å². The van der Waals surface area contributed by atoms with E-state index in [4.69, 9.17) is 0 Å². The van der Waals surface area contributed by atoms with Gasteiger partial charge in [0.25, 0.3) is 0 Å². The second-order valence-corrected chi connectivity index (χ2v) is 5.76. The maximum atomic E-state index is 4.42. The molecule has 0 atom stereocenters. The molecule has 0 saturated heterocycles. The molecule has 1 aromatic carbocycles. The minimum atomic E-state index is 0.580. The fourth-order valence-corrected chi connectivity index (χ4v) is 2.21. The van der Waals surface area contributed by atoms with Gasteiger partial charge < -0.3 is 15.5 Å². The van der Waals surface area contributed by atoms with Gasteiger partial charge in [-0.05, 0) is 45.5 Å². The first-order valence-corrected chi connectivity index (χ1v) is 8.10. The Labute approximate surface area is 138 Å². The molecule has 0 aliphatic rings. The van der Waals surface area contributed by atoms with Gasteiger partial charge in [-0.1, -0.05) is 30.3 Å². The van der Waals surface area contributed by atoms with Gasteiger partial charge in [-0.15, -0.1) is 5.10 Å². The molecule has 2 aromatic rings. The van der Waals surface area contributed by atoms with Crippen LogP contribution in [-0.2, 0) is 6.42 Å². The number of aryl methyl sites for hydroxylation is 1. The zero-order valence-electron chi connectivity index (χ0n) is 14.0. The van der Waals surface area contributed by atoms with Gasteiger partial charge in [0.1, 0.15) is 5.82 Å². The van der Waals surface area contributed by atoms with Crippen molar-refractivity contribution in [2.75, 3.05) is 44.4 Å². The quantitative estimate of drug-likeness (QED) is 0.656. The Kier molecular flexibility index (Phi) is 7.26. The monoisotopic (exact) mass is 314 g/mol. The predicted octanol–water partition coefficient (Wildman–Crippen LogP) is 2.28. The van der Waals surface area contributed by atoms with Crippen LogP contribution in [0.4, 0.5) is 11.8 Å². The molecule has 0 amide bonds. The summed E-state index contributed by atoms with van der Waals surface area (Å²) in [5.74, 6) is 1.35. The number of hydrogen-bond acceptors (Lipinski definition) is 6. The van der Waals surface area contributed by atoms with Gasteiger partial charge in [0.15, 0.2) is 0 Å². The maximum absolute atomic E-state index is 4.42. The third kappa shape index (κ3) is 7.06. The van der Waals surface area contributed by atoms with E-state index in [9.17, 15) is 0 Å². The van der Waals surface area contributed by atoms with E-state index in [2.05, 4.69) is 69.1 Å². The molecule has 0 aliphatic heterocycles. The first-order valence-electron chi connectivity index (χ1n) is 8.10. The van der Waals surface area contributed by atoms with E-state index >= 15 is 0 Å². The van der Waals surface area contributed by atoms with Crippen LogP contribution in [0.1, 0.15) is 18.4 Å². The van der Waals surface area contributed by atoms with Crippen molar-refractivity contribution in [1.29, 1.82) is 0 Å². The Bertz CT molecular complexity index is 558. The largest absolute Gasteiger partial charge is 0.369 e. The van der Waals surface area contributed by atoms with E-state index in [0.29, 0.717) is 5.95 Å². The number of nitrogens with one attached hydrogen (secondary N) is 2. The summed E-state index contributed by atoms with van der Waals surface area (Å²) in [5.41, 5.74) is 1.36. The summed E-state index contributed by atoms with van der Waals surface area (Å²) in [6.45, 7) is 2.75. The Morgan fingerprint density at radius 2 is 1.78 bits per heavy atom. The molecule has 1 aromatic heterocycles. The highest BCUT2D eigenvalue weighted by atomic mass is 15.3. The summed E-state index contributed by atoms with van der Waals surface area (Å²) in [4.78, 5) is 6.58. The van der Waals surface area contributed by atoms with Gasteiger partial charge in [0.05, 0.1) is 6.20 Å². The van der Waals surface area contributed by atoms with Crippen LogP contribution in [0.5, 0.6) is 0 Å². The summed E-state index contributed by atoms with van der Waals surface area (Å²) >= 11 is 0. The highest BCUT2D eigenvalue weighted by Crippen LogP contribution is 2.06. The van der Waals surface area contributed by atoms with Crippen molar-refractivity contribution in [3.05, 3.63) is 42.1 Å². The van der Waals surface area contributed by atoms with Crippen LogP contribution < -0.4 is 10.6 Å². The zero-order valence-corrected chi connectivity index (χ0v) is 14.0. The second kappa shape index (κ2) is 9.74. The zero-order chi connectivity index (χ0) is 16.3. The molecule has 0 saturated carbocycles. The second-order valence-electron chi connectivity index (χ2n) is 5.76. The Hall–Kier alpha value is -2.21. The van der Waals surface area contributed by atoms with Gasteiger partial charge in [-0.2, -0.15) is 10.1 Å². The molecule has 0 aliphatic carbocycles. The van der Waals surface area contributed by atoms with Crippen molar-refractivity contribution < 1.29 is 0 Å². The third-order valence-corrected chi connectivity index (χ3v) is 3.42. The van der Waals surface area contributed by atoms with Crippen LogP contribution in [0.15, 0.2) is 36.5 Å². The summed E-state index contributed by atoms with van der Waals surface area (Å²) in [5, 5.41) is 14.5. The molecule has 0 radical (unpaired) electrons. The summed E-state index contributed by atoms with van der Waals surface area (Å²) < 4.78 is 0. The highest BCUT2D eigenvalue weighted by molar-refractivity contribution is 5.36. The predicted molar refractivity (Wildman–Crippen MR) is 94.7 cm³/mol. The van der Waals surface area contributed by atoms with E-state index in [1.807, 2.05) is 6.07 Å². The number of benzene rings is 1. The van der Waals surface area contributed by atoms with Crippen LogP contribution in [0.25, 0.3) is 0 Å². The molecule has 124 valence electrons. The summed E-state index contributed by atoms with van der Waals surface area (Å²) in [7, 11) is 4.14. The standard InChI is InChI=1S/C17H26N6/c1-23(2)13-7-12-19-17-21-16(14-20-22-17)18-11-6-10-15-8-4-3-5-9-15/h3-5,8-9,14H,6-7,10-13H2,1-2H3,(H2,18,19,21,22). The molecule has 1 heterocycles. The average molecular weight is 314 g/mol. The number of rotatable bonds is 10. The van der Waals surface area contributed by atoms with Gasteiger partial charge in [-0.25, -0.2) is 0 Å². The van der Waals surface area contributed by atoms with E-state index in [-0.39, 0.29) is 0 Å². The normalized spacial score (nSPS) is 10.7. The van der Waals surface area contributed by atoms with Crippen LogP contribution in [0.2, 0.25) is 0 Å². The van der Waals surface area contributed by atoms with E-state index in [1.165, 1.54) is 5.56 Å². The lowest BCUT2D eigenvalue weighted by Gasteiger charge is -2.10. The van der Waals surface area contributed by atoms with E-state index in [1.54, 1.807) is 6.20 Å². The van der Waals surface area contributed by atoms with Crippen LogP contribution in [0, 0.1) is 0 Å². The molecule has 0 bridgehead atoms. The van der Waals surface area contributed by atoms with Crippen molar-refractivity contribution in [3.8, 4) is 0 Å². The van der Waals surface area contributed by atoms with E-state index in [0.717, 1.165) is 44.7 Å². The van der Waals surface area contributed by atoms with Gasteiger partial charge in [0.2, 0.25) is 5.95 Å². The lowest BCUT2D eigenvalue weighted by Crippen LogP contribution is -2.17. The number of nitrogens with zero attached hydrogens (tertiary/aromatic N) is 4. The van der Waals surface area contributed by atoms with Crippen molar-refractivity contribution in [1.82, 2.24) is 20.1 Å². The third-order valence-electron chi connectivity index (χ3n) is 3.42. The molecule has 2 rings (SSSR count). The molecule has 0 unspecified atom stereocenters. The maximum Gasteiger partial charge on any atom is 0.244 e. The molecular formula is C17H26N6. The van der Waals surface area contributed by atoms with E-state index < -0.39 is 0 Å². The smallest absolute Gasteiger partial charge is 0.244 e. The summed E-state index contributed by atoms with van der Waals surface area (Å²) in [6, 6.07) is 10.5. The van der Waals surface area contributed by atoms with Crippen LogP contribution in [-0.4, -0.2) is 53.8 Å². The molecular weight excluding hydrogens is 288 g/mol. The first kappa shape index (κ1) is 17.1. The van der Waals surface area contributed by atoms with Gasteiger partial charge in [0, 0.05) is 13.1 Å². The Morgan fingerprint density at radius 3 is 2.57 bits per heavy atom. The molecule has 6 heteroatoms. The molecule has 0 fully saturated rings. The van der Waals surface area contributed by atoms with Crippen LogP contribution in [0.3, 0.4) is 0 Å². The van der Waals surface area contributed by atoms with Crippen molar-refractivity contribution in [2.45, 2.75) is 19.3 Å². The highest BCUT2D eigenvalue weighted by Gasteiger charge is 2.00. The van der Waals surface area contributed by atoms with Crippen molar-refractivity contribution >= 4 is 11.8 Å². The topological polar surface area (TPSA) is 66.0 Å². The Morgan fingerprint density at radius 1 is 1.00 bits per heavy atom. The average Bonchev–Trinajstić information content (AvgIpc) is 2.57. The Balaban J connectivity index is 1.68. The lowest BCUT2D eigenvalue weighted by molar-refractivity contribution is 0.405. The summed E-state index contributed by atoms with van der Waals surface area (Å²) in [6.07, 6.45) is 4.82. The fraction of sp³-hybridized carbons (Fsp3) is 0.471. The molecule has 23 heavy (non-hydrogen) atoms. The molecule has 2 N–H and O–H groups in total.